The number of hydrogen-bond donors (Lipinski definition) is 0. The van der Waals surface area contributed by atoms with Crippen LogP contribution in [0.25, 0.3) is 27.9 Å². The first-order chi connectivity index (χ1) is 11.2. The minimum Gasteiger partial charge on any atom is -0.323 e. The Hall–Kier alpha value is -2.87. The van der Waals surface area contributed by atoms with Gasteiger partial charge in [0, 0.05) is 29.7 Å². The Kier molecular flexibility index (Phi) is 3.23. The van der Waals surface area contributed by atoms with Gasteiger partial charge in [-0.05, 0) is 66.4 Å². The fourth-order valence-corrected chi connectivity index (χ4v) is 2.84. The van der Waals surface area contributed by atoms with Crippen molar-refractivity contribution in [3.05, 3.63) is 84.3 Å². The van der Waals surface area contributed by atoms with Crippen molar-refractivity contribution in [2.45, 2.75) is 13.8 Å². The molecule has 0 atom stereocenters. The smallest absolute Gasteiger partial charge is 0.0705 e. The summed E-state index contributed by atoms with van der Waals surface area (Å²) in [7, 11) is 0. The van der Waals surface area contributed by atoms with Gasteiger partial charge in [0.05, 0.1) is 5.69 Å². The lowest BCUT2D eigenvalue weighted by Gasteiger charge is -2.08. The fraction of sp³-hybridized carbons (Fsp3) is 0.0952. The maximum Gasteiger partial charge on any atom is 0.0705 e. The summed E-state index contributed by atoms with van der Waals surface area (Å²) in [5, 5.41) is 0. The van der Waals surface area contributed by atoms with Crippen LogP contribution in [0.4, 0.5) is 0 Å². The lowest BCUT2D eigenvalue weighted by atomic mass is 10.0. The normalized spacial score (nSPS) is 11.0. The third-order valence-electron chi connectivity index (χ3n) is 4.39. The number of pyridine rings is 2. The van der Waals surface area contributed by atoms with Gasteiger partial charge in [0.25, 0.3) is 0 Å². The molecular formula is C21H18N2. The predicted molar refractivity (Wildman–Crippen MR) is 95.5 cm³/mol. The number of aryl methyl sites for hydroxylation is 2. The second-order valence-electron chi connectivity index (χ2n) is 5.99. The van der Waals surface area contributed by atoms with Crippen LogP contribution in [0.5, 0.6) is 0 Å². The molecule has 0 N–H and O–H groups in total. The number of hydrogen-bond acceptors (Lipinski definition) is 1. The highest BCUT2D eigenvalue weighted by Gasteiger charge is 2.05. The molecule has 0 unspecified atom stereocenters. The van der Waals surface area contributed by atoms with Crippen molar-refractivity contribution < 1.29 is 0 Å². The minimum atomic E-state index is 1.02. The number of fused-ring (bicyclic) bond motifs is 1. The van der Waals surface area contributed by atoms with E-state index in [-0.39, 0.29) is 0 Å². The largest absolute Gasteiger partial charge is 0.323 e. The Balaban J connectivity index is 1.79. The molecule has 0 saturated heterocycles. The summed E-state index contributed by atoms with van der Waals surface area (Å²) < 4.78 is 2.15. The molecule has 3 heterocycles. The highest BCUT2D eigenvalue weighted by molar-refractivity contribution is 5.72. The monoisotopic (exact) mass is 298 g/mol. The molecule has 2 nitrogen and oxygen atoms in total. The molecule has 2 heteroatoms. The molecule has 0 saturated carbocycles. The number of nitrogens with zero attached hydrogens (tertiary/aromatic N) is 2. The second kappa shape index (κ2) is 5.40. The van der Waals surface area contributed by atoms with E-state index in [1.807, 2.05) is 6.20 Å². The lowest BCUT2D eigenvalue weighted by Crippen LogP contribution is -1.89. The van der Waals surface area contributed by atoms with Crippen molar-refractivity contribution in [3.63, 3.8) is 0 Å². The van der Waals surface area contributed by atoms with Gasteiger partial charge in [-0.25, -0.2) is 0 Å². The molecule has 4 aromatic rings. The number of benzene rings is 1. The Morgan fingerprint density at radius 1 is 0.783 bits per heavy atom. The van der Waals surface area contributed by atoms with Crippen molar-refractivity contribution in [1.82, 2.24) is 9.38 Å². The van der Waals surface area contributed by atoms with Crippen LogP contribution in [0.2, 0.25) is 0 Å². The summed E-state index contributed by atoms with van der Waals surface area (Å²) in [6.07, 6.45) is 6.19. The lowest BCUT2D eigenvalue weighted by molar-refractivity contribution is 1.20. The van der Waals surface area contributed by atoms with Crippen LogP contribution in [0, 0.1) is 13.8 Å². The molecule has 0 spiro atoms. The molecule has 0 radical (unpaired) electrons. The summed E-state index contributed by atoms with van der Waals surface area (Å²) in [5.74, 6) is 0. The molecule has 0 aliphatic rings. The highest BCUT2D eigenvalue weighted by atomic mass is 14.8. The van der Waals surface area contributed by atoms with Crippen LogP contribution in [0.3, 0.4) is 0 Å². The van der Waals surface area contributed by atoms with E-state index in [4.69, 9.17) is 0 Å². The summed E-state index contributed by atoms with van der Waals surface area (Å²) in [6.45, 7) is 4.22. The van der Waals surface area contributed by atoms with Gasteiger partial charge in [0.2, 0.25) is 0 Å². The molecule has 23 heavy (non-hydrogen) atoms. The van der Waals surface area contributed by atoms with Gasteiger partial charge in [-0.15, -0.1) is 0 Å². The zero-order valence-corrected chi connectivity index (χ0v) is 13.3. The molecule has 112 valence electrons. The van der Waals surface area contributed by atoms with Crippen LogP contribution in [0.1, 0.15) is 11.1 Å². The first-order valence-corrected chi connectivity index (χ1v) is 7.81. The maximum absolute atomic E-state index is 4.58. The first kappa shape index (κ1) is 13.8. The van der Waals surface area contributed by atoms with Gasteiger partial charge in [-0.2, -0.15) is 0 Å². The van der Waals surface area contributed by atoms with Crippen molar-refractivity contribution >= 4 is 5.52 Å². The third kappa shape index (κ3) is 2.53. The van der Waals surface area contributed by atoms with Crippen LogP contribution in [-0.4, -0.2) is 9.38 Å². The zero-order valence-electron chi connectivity index (χ0n) is 13.3. The summed E-state index contributed by atoms with van der Waals surface area (Å²) >= 11 is 0. The molecule has 0 aliphatic heterocycles. The summed E-state index contributed by atoms with van der Waals surface area (Å²) in [6, 6.07) is 19.2. The average molecular weight is 298 g/mol. The van der Waals surface area contributed by atoms with E-state index >= 15 is 0 Å². The van der Waals surface area contributed by atoms with Crippen molar-refractivity contribution in [1.29, 1.82) is 0 Å². The van der Waals surface area contributed by atoms with Crippen LogP contribution in [-0.2, 0) is 0 Å². The van der Waals surface area contributed by atoms with E-state index in [1.54, 1.807) is 0 Å². The Morgan fingerprint density at radius 2 is 1.65 bits per heavy atom. The highest BCUT2D eigenvalue weighted by Crippen LogP contribution is 2.26. The Bertz CT molecular complexity index is 996. The number of aromatic nitrogens is 2. The average Bonchev–Trinajstić information content (AvgIpc) is 3.05. The first-order valence-electron chi connectivity index (χ1n) is 7.81. The van der Waals surface area contributed by atoms with Crippen molar-refractivity contribution in [2.75, 3.05) is 0 Å². The summed E-state index contributed by atoms with van der Waals surface area (Å²) in [4.78, 5) is 4.58. The molecular weight excluding hydrogens is 280 g/mol. The van der Waals surface area contributed by atoms with Gasteiger partial charge in [-0.1, -0.05) is 24.3 Å². The van der Waals surface area contributed by atoms with Crippen LogP contribution in [0.15, 0.2) is 73.2 Å². The molecule has 0 fully saturated rings. The molecule has 1 aromatic carbocycles. The van der Waals surface area contributed by atoms with E-state index in [0.29, 0.717) is 0 Å². The van der Waals surface area contributed by atoms with Gasteiger partial charge in [-0.3, -0.25) is 4.98 Å². The Labute approximate surface area is 136 Å². The fourth-order valence-electron chi connectivity index (χ4n) is 2.84. The molecule has 3 aromatic heterocycles. The predicted octanol–water partition coefficient (Wildman–Crippen LogP) is 5.29. The second-order valence-corrected chi connectivity index (χ2v) is 5.99. The molecule has 0 bridgehead atoms. The van der Waals surface area contributed by atoms with E-state index < -0.39 is 0 Å². The maximum atomic E-state index is 4.58. The van der Waals surface area contributed by atoms with Gasteiger partial charge in [0.15, 0.2) is 0 Å². The summed E-state index contributed by atoms with van der Waals surface area (Å²) in [5.41, 5.74) is 8.30. The van der Waals surface area contributed by atoms with Gasteiger partial charge >= 0.3 is 0 Å². The van der Waals surface area contributed by atoms with Crippen LogP contribution < -0.4 is 0 Å². The quantitative estimate of drug-likeness (QED) is 0.492. The van der Waals surface area contributed by atoms with Gasteiger partial charge in [0.1, 0.15) is 0 Å². The van der Waals surface area contributed by atoms with E-state index in [0.717, 1.165) is 11.3 Å². The molecule has 4 rings (SSSR count). The van der Waals surface area contributed by atoms with Crippen LogP contribution >= 0.6 is 0 Å². The Morgan fingerprint density at radius 3 is 2.52 bits per heavy atom. The van der Waals surface area contributed by atoms with Gasteiger partial charge < -0.3 is 4.40 Å². The zero-order chi connectivity index (χ0) is 15.8. The standard InChI is InChI=1S/C21H18N2/c1-15-11-21(22-13-16(15)2)18-6-3-5-17(12-18)19-8-9-20-7-4-10-23(20)14-19/h3-14H,1-2H3. The molecule has 0 aliphatic carbocycles. The van der Waals surface area contributed by atoms with E-state index in [9.17, 15) is 0 Å². The topological polar surface area (TPSA) is 17.3 Å². The van der Waals surface area contributed by atoms with Crippen molar-refractivity contribution in [2.24, 2.45) is 0 Å². The molecule has 0 amide bonds. The van der Waals surface area contributed by atoms with E-state index in [1.165, 1.54) is 27.8 Å². The third-order valence-corrected chi connectivity index (χ3v) is 4.39. The van der Waals surface area contributed by atoms with Crippen molar-refractivity contribution in [3.8, 4) is 22.4 Å². The van der Waals surface area contributed by atoms with E-state index in [2.05, 4.69) is 90.2 Å². The minimum absolute atomic E-state index is 1.02. The number of rotatable bonds is 2. The SMILES string of the molecule is Cc1cnc(-c2cccc(-c3ccc4cccn4c3)c2)cc1C.